The molecule has 0 atom stereocenters. The molecule has 0 amide bonds. The third-order valence-corrected chi connectivity index (χ3v) is 1.11. The van der Waals surface area contributed by atoms with Crippen molar-refractivity contribution in [2.24, 2.45) is 5.34 Å². The molecule has 0 bridgehead atoms. The standard InChI is InChI=1S/C7H6O3.HNO2.Na/c8-6-3-1-5(2-4-6)7(9)10;2-1-3;/h1-4,8H,(H,9,10);(H,2,3);/q;;+1/p-1. The Morgan fingerprint density at radius 2 is 1.64 bits per heavy atom. The van der Waals surface area contributed by atoms with Gasteiger partial charge in [0.1, 0.15) is 5.75 Å². The molecule has 0 heterocycles. The smallest absolute Gasteiger partial charge is 0.508 e. The summed E-state index contributed by atoms with van der Waals surface area (Å²) in [6, 6.07) is 5.36. The molecule has 14 heavy (non-hydrogen) atoms. The maximum atomic E-state index is 10.2. The van der Waals surface area contributed by atoms with Crippen LogP contribution in [0.5, 0.6) is 5.75 Å². The molecule has 7 heteroatoms. The number of hydrogen-bond donors (Lipinski definition) is 2. The number of benzene rings is 1. The van der Waals surface area contributed by atoms with Crippen molar-refractivity contribution in [3.8, 4) is 5.75 Å². The number of nitrogens with zero attached hydrogens (tertiary/aromatic N) is 1. The van der Waals surface area contributed by atoms with Crippen LogP contribution in [0, 0.1) is 10.1 Å². The van der Waals surface area contributed by atoms with Crippen molar-refractivity contribution in [2.45, 2.75) is 0 Å². The molecular weight excluding hydrogens is 201 g/mol. The first-order valence-corrected chi connectivity index (χ1v) is 3.09. The molecule has 0 unspecified atom stereocenters. The van der Waals surface area contributed by atoms with Crippen LogP contribution in [-0.4, -0.2) is 16.2 Å². The fourth-order valence-electron chi connectivity index (χ4n) is 0.604. The van der Waals surface area contributed by atoms with Gasteiger partial charge < -0.3 is 20.3 Å². The van der Waals surface area contributed by atoms with Gasteiger partial charge >= 0.3 is 35.5 Å². The van der Waals surface area contributed by atoms with Crippen LogP contribution in [0.25, 0.3) is 0 Å². The number of phenols is 1. The summed E-state index contributed by atoms with van der Waals surface area (Å²) in [5.41, 5.74) is 0.179. The van der Waals surface area contributed by atoms with Crippen LogP contribution >= 0.6 is 0 Å². The number of aromatic hydroxyl groups is 1. The number of carbonyl (C=O) groups is 1. The molecule has 0 aliphatic heterocycles. The zero-order chi connectivity index (χ0) is 10.3. The minimum atomic E-state index is -0.986. The quantitative estimate of drug-likeness (QED) is 0.325. The van der Waals surface area contributed by atoms with Crippen LogP contribution in [0.1, 0.15) is 10.4 Å². The summed E-state index contributed by atoms with van der Waals surface area (Å²) in [5.74, 6) is -0.912. The van der Waals surface area contributed by atoms with E-state index >= 15 is 0 Å². The van der Waals surface area contributed by atoms with E-state index in [0.29, 0.717) is 0 Å². The molecule has 1 rings (SSSR count). The molecule has 0 aliphatic carbocycles. The van der Waals surface area contributed by atoms with Gasteiger partial charge in [-0.2, -0.15) is 0 Å². The van der Waals surface area contributed by atoms with Crippen LogP contribution in [0.4, 0.5) is 0 Å². The average molecular weight is 207 g/mol. The first-order chi connectivity index (χ1) is 6.11. The Hall–Kier alpha value is -1.11. The van der Waals surface area contributed by atoms with Crippen molar-refractivity contribution in [3.63, 3.8) is 0 Å². The number of hydrogen-bond acceptors (Lipinski definition) is 5. The van der Waals surface area contributed by atoms with Gasteiger partial charge in [0.2, 0.25) is 0 Å². The number of carboxylic acids is 1. The summed E-state index contributed by atoms with van der Waals surface area (Å²) in [6.45, 7) is 0. The van der Waals surface area contributed by atoms with E-state index < -0.39 is 5.97 Å². The molecule has 1 aromatic carbocycles. The second-order valence-corrected chi connectivity index (χ2v) is 1.93. The Labute approximate surface area is 101 Å². The molecule has 2 N–H and O–H groups in total. The Bertz CT molecular complexity index is 287. The maximum absolute atomic E-state index is 10.2. The van der Waals surface area contributed by atoms with Crippen molar-refractivity contribution in [1.82, 2.24) is 0 Å². The van der Waals surface area contributed by atoms with E-state index in [1.165, 1.54) is 24.3 Å². The normalized spacial score (nSPS) is 7.43. The summed E-state index contributed by atoms with van der Waals surface area (Å²) < 4.78 is 0. The number of phenolic OH excluding ortho intramolecular Hbond substituents is 1. The van der Waals surface area contributed by atoms with Gasteiger partial charge in [0.25, 0.3) is 0 Å². The summed E-state index contributed by atoms with van der Waals surface area (Å²) >= 11 is 0. The summed E-state index contributed by atoms with van der Waals surface area (Å²) in [6.07, 6.45) is 0. The van der Waals surface area contributed by atoms with Crippen molar-refractivity contribution < 1.29 is 44.6 Å². The van der Waals surface area contributed by atoms with Gasteiger partial charge in [-0.15, -0.1) is 5.34 Å². The Balaban J connectivity index is 0. The van der Waals surface area contributed by atoms with Crippen molar-refractivity contribution >= 4 is 5.97 Å². The van der Waals surface area contributed by atoms with Gasteiger partial charge in [-0.1, -0.05) is 0 Å². The van der Waals surface area contributed by atoms with E-state index in [0.717, 1.165) is 5.34 Å². The van der Waals surface area contributed by atoms with E-state index in [1.807, 2.05) is 0 Å². The van der Waals surface area contributed by atoms with Gasteiger partial charge in [-0.05, 0) is 24.3 Å². The fraction of sp³-hybridized carbons (Fsp3) is 0. The van der Waals surface area contributed by atoms with Gasteiger partial charge in [0.15, 0.2) is 0 Å². The molecule has 70 valence electrons. The molecule has 0 saturated heterocycles. The SMILES string of the molecule is O=C(O)c1ccc(O)cc1.O=N[O-].[Na+]. The van der Waals surface area contributed by atoms with Crippen molar-refractivity contribution in [1.29, 1.82) is 0 Å². The molecule has 0 spiro atoms. The van der Waals surface area contributed by atoms with Crippen LogP contribution < -0.4 is 29.6 Å². The average Bonchev–Trinajstić information content (AvgIpc) is 2.06. The minimum Gasteiger partial charge on any atom is -0.508 e. The minimum absolute atomic E-state index is 0. The zero-order valence-corrected chi connectivity index (χ0v) is 9.38. The van der Waals surface area contributed by atoms with E-state index in [9.17, 15) is 4.79 Å². The van der Waals surface area contributed by atoms with Crippen LogP contribution in [0.15, 0.2) is 29.6 Å². The van der Waals surface area contributed by atoms with E-state index in [-0.39, 0.29) is 40.9 Å². The monoisotopic (exact) mass is 207 g/mol. The van der Waals surface area contributed by atoms with Gasteiger partial charge in [0.05, 0.1) is 5.56 Å². The molecule has 1 aromatic rings. The first kappa shape index (κ1) is 15.4. The third-order valence-electron chi connectivity index (χ3n) is 1.11. The maximum Gasteiger partial charge on any atom is 1.00 e. The van der Waals surface area contributed by atoms with E-state index in [4.69, 9.17) is 20.3 Å². The third kappa shape index (κ3) is 6.41. The largest absolute Gasteiger partial charge is 1.00 e. The molecule has 0 fully saturated rings. The second kappa shape index (κ2) is 8.49. The second-order valence-electron chi connectivity index (χ2n) is 1.93. The molecular formula is C7H6NNaO5. The Morgan fingerprint density at radius 3 is 1.93 bits per heavy atom. The van der Waals surface area contributed by atoms with Gasteiger partial charge in [-0.25, -0.2) is 4.79 Å². The van der Waals surface area contributed by atoms with Gasteiger partial charge in [-0.3, -0.25) is 0 Å². The van der Waals surface area contributed by atoms with Crippen molar-refractivity contribution in [3.05, 3.63) is 39.9 Å². The van der Waals surface area contributed by atoms with Crippen LogP contribution in [0.2, 0.25) is 0 Å². The Kier molecular flexibility index (Phi) is 9.31. The predicted octanol–water partition coefficient (Wildman–Crippen LogP) is -1.66. The Morgan fingerprint density at radius 1 is 1.29 bits per heavy atom. The van der Waals surface area contributed by atoms with Gasteiger partial charge in [0, 0.05) is 0 Å². The van der Waals surface area contributed by atoms with Crippen molar-refractivity contribution in [2.75, 3.05) is 0 Å². The molecule has 0 radical (unpaired) electrons. The van der Waals surface area contributed by atoms with E-state index in [1.54, 1.807) is 0 Å². The van der Waals surface area contributed by atoms with E-state index in [2.05, 4.69) is 0 Å². The molecule has 6 nitrogen and oxygen atoms in total. The number of carboxylic acid groups (broad SMARTS) is 1. The topological polar surface area (TPSA) is 110 Å². The zero-order valence-electron chi connectivity index (χ0n) is 7.38. The summed E-state index contributed by atoms with van der Waals surface area (Å²) in [4.78, 5) is 18.2. The molecule has 0 aliphatic rings. The van der Waals surface area contributed by atoms with Crippen LogP contribution in [-0.2, 0) is 0 Å². The fourth-order valence-corrected chi connectivity index (χ4v) is 0.604. The summed E-state index contributed by atoms with van der Waals surface area (Å²) in [5, 5.41) is 26.1. The number of rotatable bonds is 1. The molecule has 0 saturated carbocycles. The molecule has 0 aromatic heterocycles. The van der Waals surface area contributed by atoms with Crippen LogP contribution in [0.3, 0.4) is 0 Å². The predicted molar refractivity (Wildman–Crippen MR) is 44.2 cm³/mol. The first-order valence-electron chi connectivity index (χ1n) is 3.09. The number of aromatic carboxylic acids is 1. The summed E-state index contributed by atoms with van der Waals surface area (Å²) in [7, 11) is 0.